The molecule has 0 amide bonds. The van der Waals surface area contributed by atoms with Gasteiger partial charge in [0.15, 0.2) is 5.78 Å². The standard InChI is InChI=1S/C12H13F2NO3/c1-2-18-12(17)9(15)6-10(16)11-7(13)4-3-5-8(11)14/h3-5,9H,2,6,15H2,1H3. The molecule has 0 aliphatic heterocycles. The van der Waals surface area contributed by atoms with E-state index < -0.39 is 41.4 Å². The maximum Gasteiger partial charge on any atom is 0.323 e. The van der Waals surface area contributed by atoms with E-state index >= 15 is 0 Å². The van der Waals surface area contributed by atoms with E-state index in [1.165, 1.54) is 0 Å². The highest BCUT2D eigenvalue weighted by atomic mass is 19.1. The molecule has 0 aromatic heterocycles. The number of carbonyl (C=O) groups excluding carboxylic acids is 2. The molecule has 1 unspecified atom stereocenters. The van der Waals surface area contributed by atoms with Gasteiger partial charge in [0.2, 0.25) is 0 Å². The molecule has 1 aromatic carbocycles. The van der Waals surface area contributed by atoms with Gasteiger partial charge in [-0.3, -0.25) is 9.59 Å². The zero-order valence-corrected chi connectivity index (χ0v) is 9.78. The van der Waals surface area contributed by atoms with Crippen LogP contribution in [0.1, 0.15) is 23.7 Å². The summed E-state index contributed by atoms with van der Waals surface area (Å²) >= 11 is 0. The van der Waals surface area contributed by atoms with Gasteiger partial charge in [0.1, 0.15) is 17.7 Å². The van der Waals surface area contributed by atoms with Crippen molar-refractivity contribution in [2.75, 3.05) is 6.61 Å². The number of benzene rings is 1. The Kier molecular flexibility index (Phi) is 4.91. The lowest BCUT2D eigenvalue weighted by atomic mass is 10.0. The first kappa shape index (κ1) is 14.2. The molecule has 0 fully saturated rings. The van der Waals surface area contributed by atoms with Gasteiger partial charge in [-0.2, -0.15) is 0 Å². The minimum absolute atomic E-state index is 0.120. The molecule has 1 atom stereocenters. The summed E-state index contributed by atoms with van der Waals surface area (Å²) < 4.78 is 31.2. The largest absolute Gasteiger partial charge is 0.465 e. The normalized spacial score (nSPS) is 12.0. The Balaban J connectivity index is 2.80. The Morgan fingerprint density at radius 2 is 1.89 bits per heavy atom. The number of hydrogen-bond donors (Lipinski definition) is 1. The Labute approximate surface area is 103 Å². The number of nitrogens with two attached hydrogens (primary N) is 1. The number of rotatable bonds is 5. The third-order valence-corrected chi connectivity index (χ3v) is 2.24. The lowest BCUT2D eigenvalue weighted by Crippen LogP contribution is -2.34. The van der Waals surface area contributed by atoms with Gasteiger partial charge < -0.3 is 10.5 Å². The average molecular weight is 257 g/mol. The van der Waals surface area contributed by atoms with Crippen molar-refractivity contribution in [3.63, 3.8) is 0 Å². The van der Waals surface area contributed by atoms with Crippen LogP contribution in [-0.2, 0) is 9.53 Å². The van der Waals surface area contributed by atoms with E-state index in [2.05, 4.69) is 4.74 Å². The lowest BCUT2D eigenvalue weighted by molar-refractivity contribution is -0.144. The summed E-state index contributed by atoms with van der Waals surface area (Å²) in [6.07, 6.45) is -0.503. The van der Waals surface area contributed by atoms with Crippen molar-refractivity contribution < 1.29 is 23.1 Å². The number of ketones is 1. The van der Waals surface area contributed by atoms with Crippen molar-refractivity contribution >= 4 is 11.8 Å². The van der Waals surface area contributed by atoms with Crippen LogP contribution in [-0.4, -0.2) is 24.4 Å². The van der Waals surface area contributed by atoms with Crippen molar-refractivity contribution in [2.45, 2.75) is 19.4 Å². The fraction of sp³-hybridized carbons (Fsp3) is 0.333. The molecular formula is C12H13F2NO3. The van der Waals surface area contributed by atoms with Crippen LogP contribution in [0.15, 0.2) is 18.2 Å². The highest BCUT2D eigenvalue weighted by Gasteiger charge is 2.23. The molecule has 0 heterocycles. The molecule has 18 heavy (non-hydrogen) atoms. The topological polar surface area (TPSA) is 69.4 Å². The molecule has 1 aromatic rings. The molecule has 0 aliphatic carbocycles. The second-order valence-corrected chi connectivity index (χ2v) is 3.58. The zero-order valence-electron chi connectivity index (χ0n) is 9.78. The van der Waals surface area contributed by atoms with Crippen molar-refractivity contribution in [3.8, 4) is 0 Å². The number of halogens is 2. The lowest BCUT2D eigenvalue weighted by Gasteiger charge is -2.10. The summed E-state index contributed by atoms with van der Waals surface area (Å²) in [4.78, 5) is 22.8. The monoisotopic (exact) mass is 257 g/mol. The van der Waals surface area contributed by atoms with Gasteiger partial charge in [0, 0.05) is 6.42 Å². The number of ether oxygens (including phenoxy) is 1. The van der Waals surface area contributed by atoms with Crippen LogP contribution >= 0.6 is 0 Å². The number of hydrogen-bond acceptors (Lipinski definition) is 4. The summed E-state index contributed by atoms with van der Waals surface area (Å²) in [7, 11) is 0. The Morgan fingerprint density at radius 3 is 2.39 bits per heavy atom. The molecule has 0 saturated carbocycles. The fourth-order valence-corrected chi connectivity index (χ4v) is 1.40. The number of Topliss-reactive ketones (excluding diaryl/α,β-unsaturated/α-hetero) is 1. The predicted octanol–water partition coefficient (Wildman–Crippen LogP) is 1.43. The second-order valence-electron chi connectivity index (χ2n) is 3.58. The van der Waals surface area contributed by atoms with Crippen LogP contribution in [0.4, 0.5) is 8.78 Å². The van der Waals surface area contributed by atoms with E-state index in [-0.39, 0.29) is 6.61 Å². The minimum atomic E-state index is -1.23. The second kappa shape index (κ2) is 6.20. The molecule has 0 bridgehead atoms. The van der Waals surface area contributed by atoms with Gasteiger partial charge >= 0.3 is 5.97 Å². The van der Waals surface area contributed by atoms with E-state index in [1.807, 2.05) is 0 Å². The molecule has 1 rings (SSSR count). The number of esters is 1. The fourth-order valence-electron chi connectivity index (χ4n) is 1.40. The van der Waals surface area contributed by atoms with Crippen LogP contribution < -0.4 is 5.73 Å². The van der Waals surface area contributed by atoms with Crippen molar-refractivity contribution in [2.24, 2.45) is 5.73 Å². The van der Waals surface area contributed by atoms with Crippen molar-refractivity contribution in [1.82, 2.24) is 0 Å². The Hall–Kier alpha value is -1.82. The first-order chi connectivity index (χ1) is 8.47. The number of carbonyl (C=O) groups is 2. The van der Waals surface area contributed by atoms with Crippen LogP contribution in [0.3, 0.4) is 0 Å². The maximum atomic E-state index is 13.3. The Morgan fingerprint density at radius 1 is 1.33 bits per heavy atom. The van der Waals surface area contributed by atoms with E-state index in [1.54, 1.807) is 6.92 Å². The molecule has 0 saturated heterocycles. The minimum Gasteiger partial charge on any atom is -0.465 e. The smallest absolute Gasteiger partial charge is 0.323 e. The molecule has 0 aliphatic rings. The predicted molar refractivity (Wildman–Crippen MR) is 59.9 cm³/mol. The van der Waals surface area contributed by atoms with Gasteiger partial charge in [-0.25, -0.2) is 8.78 Å². The zero-order chi connectivity index (χ0) is 13.7. The SMILES string of the molecule is CCOC(=O)C(N)CC(=O)c1c(F)cccc1F. The quantitative estimate of drug-likeness (QED) is 0.640. The third-order valence-electron chi connectivity index (χ3n) is 2.24. The summed E-state index contributed by atoms with van der Waals surface area (Å²) in [5.41, 5.74) is 4.72. The Bertz CT molecular complexity index is 442. The summed E-state index contributed by atoms with van der Waals surface area (Å²) in [5.74, 6) is -3.60. The highest BCUT2D eigenvalue weighted by Crippen LogP contribution is 2.15. The van der Waals surface area contributed by atoms with Gasteiger partial charge in [-0.1, -0.05) is 6.07 Å². The van der Waals surface area contributed by atoms with Crippen LogP contribution in [0.5, 0.6) is 0 Å². The maximum absolute atomic E-state index is 13.3. The molecule has 0 spiro atoms. The summed E-state index contributed by atoms with van der Waals surface area (Å²) in [6.45, 7) is 1.71. The van der Waals surface area contributed by atoms with Crippen molar-refractivity contribution in [3.05, 3.63) is 35.4 Å². The van der Waals surface area contributed by atoms with Crippen molar-refractivity contribution in [1.29, 1.82) is 0 Å². The molecule has 0 radical (unpaired) electrons. The van der Waals surface area contributed by atoms with Gasteiger partial charge in [0.05, 0.1) is 12.2 Å². The van der Waals surface area contributed by atoms with Gasteiger partial charge in [-0.05, 0) is 19.1 Å². The van der Waals surface area contributed by atoms with Gasteiger partial charge in [-0.15, -0.1) is 0 Å². The van der Waals surface area contributed by atoms with E-state index in [9.17, 15) is 18.4 Å². The average Bonchev–Trinajstić information content (AvgIpc) is 2.28. The van der Waals surface area contributed by atoms with E-state index in [0.29, 0.717) is 0 Å². The molecule has 2 N–H and O–H groups in total. The first-order valence-electron chi connectivity index (χ1n) is 5.36. The third kappa shape index (κ3) is 3.33. The molecule has 4 nitrogen and oxygen atoms in total. The highest BCUT2D eigenvalue weighted by molar-refractivity contribution is 5.99. The van der Waals surface area contributed by atoms with E-state index in [0.717, 1.165) is 18.2 Å². The first-order valence-corrected chi connectivity index (χ1v) is 5.36. The molecule has 6 heteroatoms. The van der Waals surface area contributed by atoms with Gasteiger partial charge in [0.25, 0.3) is 0 Å². The molecular weight excluding hydrogens is 244 g/mol. The van der Waals surface area contributed by atoms with Crippen LogP contribution in [0.25, 0.3) is 0 Å². The van der Waals surface area contributed by atoms with E-state index in [4.69, 9.17) is 5.73 Å². The van der Waals surface area contributed by atoms with Crippen LogP contribution in [0, 0.1) is 11.6 Å². The summed E-state index contributed by atoms with van der Waals surface area (Å²) in [5, 5.41) is 0. The molecule has 98 valence electrons. The van der Waals surface area contributed by atoms with Crippen LogP contribution in [0.2, 0.25) is 0 Å². The summed E-state index contributed by atoms with van der Waals surface area (Å²) in [6, 6.07) is 1.85.